The molecule has 0 spiro atoms. The van der Waals surface area contributed by atoms with Crippen LogP contribution in [-0.4, -0.2) is 12.6 Å². The summed E-state index contributed by atoms with van der Waals surface area (Å²) in [6.07, 6.45) is 0.124. The number of para-hydroxylation sites is 1. The van der Waals surface area contributed by atoms with E-state index in [1.165, 1.54) is 0 Å². The second kappa shape index (κ2) is 3.82. The fourth-order valence-electron chi connectivity index (χ4n) is 1.50. The Balaban J connectivity index is 2.32. The Bertz CT molecular complexity index is 372. The molecule has 1 aliphatic rings. The number of hydrogen-bond donors (Lipinski definition) is 0. The molecule has 0 saturated carbocycles. The number of nitrogens with zero attached hydrogens (tertiary/aromatic N) is 1. The SMILES string of the molecule is C[C@@H]1CN(c2ccccc2)[P@@](=S)(Cl)O1. The highest BCUT2D eigenvalue weighted by Crippen LogP contribution is 2.62. The van der Waals surface area contributed by atoms with Gasteiger partial charge in [-0.1, -0.05) is 18.2 Å². The minimum atomic E-state index is -2.29. The van der Waals surface area contributed by atoms with E-state index in [0.717, 1.165) is 12.2 Å². The first-order valence-electron chi connectivity index (χ1n) is 4.41. The zero-order valence-corrected chi connectivity index (χ0v) is 10.2. The number of rotatable bonds is 1. The molecule has 0 aromatic heterocycles. The number of anilines is 1. The molecule has 1 aromatic carbocycles. The maximum Gasteiger partial charge on any atom is 0.247 e. The smallest absolute Gasteiger partial charge is 0.247 e. The third-order valence-electron chi connectivity index (χ3n) is 2.08. The first-order chi connectivity index (χ1) is 6.59. The van der Waals surface area contributed by atoms with Crippen LogP contribution in [0, 0.1) is 0 Å². The van der Waals surface area contributed by atoms with Gasteiger partial charge >= 0.3 is 0 Å². The minimum absolute atomic E-state index is 0.124. The Labute approximate surface area is 93.8 Å². The quantitative estimate of drug-likeness (QED) is 0.706. The average molecular weight is 248 g/mol. The summed E-state index contributed by atoms with van der Waals surface area (Å²) in [5, 5.41) is 0. The molecule has 0 amide bonds. The van der Waals surface area contributed by atoms with E-state index in [0.29, 0.717) is 0 Å². The van der Waals surface area contributed by atoms with Crippen LogP contribution in [0.3, 0.4) is 0 Å². The molecule has 2 atom stereocenters. The van der Waals surface area contributed by atoms with Crippen molar-refractivity contribution in [2.45, 2.75) is 13.0 Å². The van der Waals surface area contributed by atoms with E-state index < -0.39 is 5.77 Å². The monoisotopic (exact) mass is 247 g/mol. The molecular weight excluding hydrogens is 237 g/mol. The molecule has 1 aromatic rings. The van der Waals surface area contributed by atoms with E-state index in [1.54, 1.807) is 0 Å². The molecule has 0 radical (unpaired) electrons. The lowest BCUT2D eigenvalue weighted by Crippen LogP contribution is -2.16. The zero-order chi connectivity index (χ0) is 10.2. The van der Waals surface area contributed by atoms with Gasteiger partial charge in [-0.2, -0.15) is 0 Å². The van der Waals surface area contributed by atoms with E-state index in [4.69, 9.17) is 27.6 Å². The van der Waals surface area contributed by atoms with Crippen LogP contribution in [0.15, 0.2) is 30.3 Å². The summed E-state index contributed by atoms with van der Waals surface area (Å²) in [4.78, 5) is 0. The van der Waals surface area contributed by atoms with E-state index >= 15 is 0 Å². The topological polar surface area (TPSA) is 12.5 Å². The van der Waals surface area contributed by atoms with Gasteiger partial charge in [0.1, 0.15) is 0 Å². The van der Waals surface area contributed by atoms with Gasteiger partial charge in [-0.25, -0.2) is 0 Å². The summed E-state index contributed by atoms with van der Waals surface area (Å²) >= 11 is 11.5. The van der Waals surface area contributed by atoms with Crippen LogP contribution >= 0.6 is 17.0 Å². The van der Waals surface area contributed by atoms with Gasteiger partial charge in [-0.05, 0) is 42.1 Å². The summed E-state index contributed by atoms with van der Waals surface area (Å²) in [5.74, 6) is -2.29. The molecule has 5 heteroatoms. The molecule has 2 nitrogen and oxygen atoms in total. The average Bonchev–Trinajstić information content (AvgIpc) is 2.41. The Morgan fingerprint density at radius 1 is 1.50 bits per heavy atom. The van der Waals surface area contributed by atoms with E-state index in [9.17, 15) is 0 Å². The highest BCUT2D eigenvalue weighted by atomic mass is 35.7. The van der Waals surface area contributed by atoms with E-state index in [1.807, 2.05) is 41.9 Å². The van der Waals surface area contributed by atoms with Crippen molar-refractivity contribution in [1.82, 2.24) is 0 Å². The summed E-state index contributed by atoms with van der Waals surface area (Å²) in [6.45, 7) is 2.77. The maximum atomic E-state index is 6.19. The standard InChI is InChI=1S/C9H11ClNOPS/c1-8-7-11(13(10,14)12-8)9-5-3-2-4-6-9/h2-6,8H,7H2,1H3/t8-,13+/m1/s1. The first kappa shape index (κ1) is 10.4. The highest BCUT2D eigenvalue weighted by Gasteiger charge is 2.35. The fourth-order valence-corrected chi connectivity index (χ4v) is 4.73. The van der Waals surface area contributed by atoms with Crippen molar-refractivity contribution in [1.29, 1.82) is 0 Å². The zero-order valence-electron chi connectivity index (χ0n) is 7.76. The van der Waals surface area contributed by atoms with Crippen LogP contribution in [0.2, 0.25) is 0 Å². The van der Waals surface area contributed by atoms with Crippen LogP contribution in [0.5, 0.6) is 0 Å². The first-order valence-corrected chi connectivity index (χ1v) is 7.98. The summed E-state index contributed by atoms with van der Waals surface area (Å²) in [7, 11) is 0. The highest BCUT2D eigenvalue weighted by molar-refractivity contribution is 8.25. The van der Waals surface area contributed by atoms with Crippen LogP contribution < -0.4 is 4.67 Å². The van der Waals surface area contributed by atoms with Crippen molar-refractivity contribution < 1.29 is 4.52 Å². The number of hydrogen-bond acceptors (Lipinski definition) is 2. The van der Waals surface area contributed by atoms with Crippen LogP contribution in [0.1, 0.15) is 6.92 Å². The Hall–Kier alpha value is -0.0800. The van der Waals surface area contributed by atoms with Gasteiger partial charge in [0.2, 0.25) is 5.77 Å². The predicted octanol–water partition coefficient (Wildman–Crippen LogP) is 3.38. The van der Waals surface area contributed by atoms with Crippen molar-refractivity contribution in [3.05, 3.63) is 30.3 Å². The van der Waals surface area contributed by atoms with Crippen LogP contribution in [0.25, 0.3) is 0 Å². The Kier molecular flexibility index (Phi) is 2.85. The van der Waals surface area contributed by atoms with Crippen molar-refractivity contribution in [3.8, 4) is 0 Å². The van der Waals surface area contributed by atoms with Crippen LogP contribution in [0.4, 0.5) is 5.69 Å². The fraction of sp³-hybridized carbons (Fsp3) is 0.333. The van der Waals surface area contributed by atoms with E-state index in [2.05, 4.69) is 0 Å². The largest absolute Gasteiger partial charge is 0.318 e. The lowest BCUT2D eigenvalue weighted by atomic mass is 10.3. The Morgan fingerprint density at radius 3 is 2.64 bits per heavy atom. The number of benzene rings is 1. The van der Waals surface area contributed by atoms with Crippen LogP contribution in [-0.2, 0) is 16.3 Å². The van der Waals surface area contributed by atoms with Gasteiger partial charge in [0.25, 0.3) is 0 Å². The second-order valence-electron chi connectivity index (χ2n) is 3.29. The van der Waals surface area contributed by atoms with Gasteiger partial charge in [-0.15, -0.1) is 0 Å². The summed E-state index contributed by atoms with van der Waals surface area (Å²) < 4.78 is 7.53. The third kappa shape index (κ3) is 1.96. The molecule has 1 saturated heterocycles. The molecule has 14 heavy (non-hydrogen) atoms. The molecule has 0 unspecified atom stereocenters. The van der Waals surface area contributed by atoms with Crippen molar-refractivity contribution >= 4 is 34.5 Å². The molecule has 0 N–H and O–H groups in total. The van der Waals surface area contributed by atoms with Gasteiger partial charge in [-0.3, -0.25) is 0 Å². The predicted molar refractivity (Wildman–Crippen MR) is 64.5 cm³/mol. The number of halogens is 1. The lowest BCUT2D eigenvalue weighted by molar-refractivity contribution is 0.291. The summed E-state index contributed by atoms with van der Waals surface area (Å²) in [5.41, 5.74) is 1.05. The maximum absolute atomic E-state index is 6.19. The summed E-state index contributed by atoms with van der Waals surface area (Å²) in [6, 6.07) is 9.94. The van der Waals surface area contributed by atoms with Gasteiger partial charge in [0.05, 0.1) is 12.6 Å². The van der Waals surface area contributed by atoms with Gasteiger partial charge in [0, 0.05) is 5.69 Å². The molecule has 76 valence electrons. The van der Waals surface area contributed by atoms with Crippen molar-refractivity contribution in [2.24, 2.45) is 0 Å². The molecule has 1 fully saturated rings. The van der Waals surface area contributed by atoms with Crippen molar-refractivity contribution in [3.63, 3.8) is 0 Å². The molecule has 2 rings (SSSR count). The van der Waals surface area contributed by atoms with Gasteiger partial charge < -0.3 is 9.19 Å². The second-order valence-corrected chi connectivity index (χ2v) is 8.34. The molecule has 0 bridgehead atoms. The minimum Gasteiger partial charge on any atom is -0.318 e. The normalized spacial score (nSPS) is 32.1. The third-order valence-corrected chi connectivity index (χ3v) is 5.31. The van der Waals surface area contributed by atoms with Crippen molar-refractivity contribution in [2.75, 3.05) is 11.2 Å². The Morgan fingerprint density at radius 2 is 2.14 bits per heavy atom. The van der Waals surface area contributed by atoms with E-state index in [-0.39, 0.29) is 6.10 Å². The molecule has 0 aliphatic carbocycles. The van der Waals surface area contributed by atoms with Gasteiger partial charge in [0.15, 0.2) is 0 Å². The molecule has 1 aliphatic heterocycles. The lowest BCUT2D eigenvalue weighted by Gasteiger charge is -2.22. The molecular formula is C9H11ClNOPS. The molecule has 1 heterocycles.